The molecule has 0 unspecified atom stereocenters. The molecule has 394 valence electrons. The summed E-state index contributed by atoms with van der Waals surface area (Å²) in [6.07, 6.45) is 32.1. The summed E-state index contributed by atoms with van der Waals surface area (Å²) in [5.74, 6) is 0.717. The molecule has 2 aliphatic heterocycles. The smallest absolute Gasteiger partial charge is 0.303 e. The Hall–Kier alpha value is -2.61. The molecule has 13 heteroatoms. The largest absolute Gasteiger partial charge is 0.463 e. The standard InChI is InChI=1S/C56H93NO10S2/c1-6-8-10-12-14-16-18-20-22-24-26-28-30-34-38-68-42-47(43-69-39-35-31-29-27-25-23-21-19-17-15-13-11-9-7-2)40-64-56-51(57-54(61)48-36-32-33-37-49(48)55(57)62)53(66-46(5)60)52(65-45(4)59)50(67-56)41-63-44(3)58/h32-33,36-37,47,50-53,56H,6-31,34-35,38-43H2,1-5H3/t50-,51+,52-,53-,56+/m1/s1. The fourth-order valence-corrected chi connectivity index (χ4v) is 11.8. The van der Waals surface area contributed by atoms with Gasteiger partial charge in [0.05, 0.1) is 17.7 Å². The predicted octanol–water partition coefficient (Wildman–Crippen LogP) is 13.9. The van der Waals surface area contributed by atoms with Crippen LogP contribution in [0.3, 0.4) is 0 Å². The molecule has 0 aliphatic carbocycles. The van der Waals surface area contributed by atoms with Crippen molar-refractivity contribution in [3.63, 3.8) is 0 Å². The van der Waals surface area contributed by atoms with Gasteiger partial charge >= 0.3 is 17.9 Å². The number of carbonyl (C=O) groups is 5. The van der Waals surface area contributed by atoms with Crippen molar-refractivity contribution in [1.29, 1.82) is 0 Å². The first-order valence-corrected chi connectivity index (χ1v) is 29.8. The van der Waals surface area contributed by atoms with Crippen LogP contribution in [0.5, 0.6) is 0 Å². The lowest BCUT2D eigenvalue weighted by molar-refractivity contribution is -0.287. The van der Waals surface area contributed by atoms with Crippen molar-refractivity contribution in [1.82, 2.24) is 4.90 Å². The summed E-state index contributed by atoms with van der Waals surface area (Å²) >= 11 is 3.86. The molecule has 0 saturated carbocycles. The third-order valence-electron chi connectivity index (χ3n) is 13.3. The van der Waals surface area contributed by atoms with Crippen molar-refractivity contribution >= 4 is 53.2 Å². The van der Waals surface area contributed by atoms with Crippen LogP contribution in [0.2, 0.25) is 0 Å². The molecule has 5 atom stereocenters. The monoisotopic (exact) mass is 1000 g/mol. The molecule has 1 aromatic rings. The number of unbranched alkanes of at least 4 members (excludes halogenated alkanes) is 26. The number of amides is 2. The Balaban J connectivity index is 1.62. The van der Waals surface area contributed by atoms with Gasteiger partial charge in [-0.25, -0.2) is 0 Å². The van der Waals surface area contributed by atoms with E-state index in [2.05, 4.69) is 13.8 Å². The molecule has 2 amide bonds. The highest BCUT2D eigenvalue weighted by molar-refractivity contribution is 8.00. The summed E-state index contributed by atoms with van der Waals surface area (Å²) in [4.78, 5) is 66.5. The van der Waals surface area contributed by atoms with Gasteiger partial charge in [-0.3, -0.25) is 28.9 Å². The quantitative estimate of drug-likeness (QED) is 0.0267. The van der Waals surface area contributed by atoms with Crippen LogP contribution in [0.4, 0.5) is 0 Å². The van der Waals surface area contributed by atoms with Crippen molar-refractivity contribution in [2.45, 2.75) is 245 Å². The van der Waals surface area contributed by atoms with E-state index in [9.17, 15) is 24.0 Å². The lowest BCUT2D eigenvalue weighted by Crippen LogP contribution is -2.67. The van der Waals surface area contributed by atoms with E-state index < -0.39 is 60.4 Å². The number of carbonyl (C=O) groups excluding carboxylic acids is 5. The van der Waals surface area contributed by atoms with E-state index >= 15 is 0 Å². The minimum atomic E-state index is -1.38. The highest BCUT2D eigenvalue weighted by Crippen LogP contribution is 2.36. The highest BCUT2D eigenvalue weighted by Gasteiger charge is 2.57. The number of benzene rings is 1. The van der Waals surface area contributed by atoms with E-state index in [0.717, 1.165) is 40.8 Å². The Labute approximate surface area is 426 Å². The lowest BCUT2D eigenvalue weighted by Gasteiger charge is -2.47. The molecule has 69 heavy (non-hydrogen) atoms. The molecule has 0 spiro atoms. The van der Waals surface area contributed by atoms with Gasteiger partial charge in [0.1, 0.15) is 18.8 Å². The molecule has 0 radical (unpaired) electrons. The first kappa shape index (κ1) is 60.7. The second-order valence-corrected chi connectivity index (χ2v) is 21.9. The Bertz CT molecular complexity index is 1510. The summed E-state index contributed by atoms with van der Waals surface area (Å²) in [5, 5.41) is 0. The second kappa shape index (κ2) is 38.1. The number of ether oxygens (including phenoxy) is 5. The van der Waals surface area contributed by atoms with Crippen LogP contribution in [0.1, 0.15) is 235 Å². The minimum Gasteiger partial charge on any atom is -0.463 e. The first-order chi connectivity index (χ1) is 33.6. The van der Waals surface area contributed by atoms with Crippen molar-refractivity contribution in [3.8, 4) is 0 Å². The summed E-state index contributed by atoms with van der Waals surface area (Å²) in [7, 11) is 0. The first-order valence-electron chi connectivity index (χ1n) is 27.5. The second-order valence-electron chi connectivity index (χ2n) is 19.6. The molecule has 0 aromatic heterocycles. The van der Waals surface area contributed by atoms with E-state index in [1.807, 2.05) is 23.5 Å². The third-order valence-corrected chi connectivity index (χ3v) is 15.8. The molecule has 1 saturated heterocycles. The zero-order valence-electron chi connectivity index (χ0n) is 43.7. The fraction of sp³-hybridized carbons (Fsp3) is 0.804. The maximum Gasteiger partial charge on any atom is 0.303 e. The van der Waals surface area contributed by atoms with Gasteiger partial charge < -0.3 is 23.7 Å². The van der Waals surface area contributed by atoms with Crippen molar-refractivity contribution < 1.29 is 47.7 Å². The molecule has 0 bridgehead atoms. The highest BCUT2D eigenvalue weighted by atomic mass is 32.2. The van der Waals surface area contributed by atoms with Gasteiger partial charge in [-0.05, 0) is 48.0 Å². The number of thioether (sulfide) groups is 2. The normalized spacial score (nSPS) is 19.0. The van der Waals surface area contributed by atoms with E-state index in [1.165, 1.54) is 188 Å². The van der Waals surface area contributed by atoms with Crippen molar-refractivity contribution in [2.24, 2.45) is 5.92 Å². The van der Waals surface area contributed by atoms with Gasteiger partial charge in [-0.1, -0.05) is 193 Å². The Morgan fingerprint density at radius 2 is 0.928 bits per heavy atom. The molecule has 2 aliphatic rings. The van der Waals surface area contributed by atoms with Gasteiger partial charge in [0, 0.05) is 26.7 Å². The van der Waals surface area contributed by atoms with Crippen LogP contribution < -0.4 is 0 Å². The van der Waals surface area contributed by atoms with Crippen LogP contribution in [0.25, 0.3) is 0 Å². The van der Waals surface area contributed by atoms with E-state index in [-0.39, 0.29) is 30.3 Å². The van der Waals surface area contributed by atoms with Crippen LogP contribution in [-0.4, -0.2) is 101 Å². The maximum absolute atomic E-state index is 14.1. The summed E-state index contributed by atoms with van der Waals surface area (Å²) in [6.45, 7) is 8.10. The van der Waals surface area contributed by atoms with Gasteiger partial charge in [-0.15, -0.1) is 0 Å². The van der Waals surface area contributed by atoms with Crippen LogP contribution >= 0.6 is 23.5 Å². The number of nitrogens with zero attached hydrogens (tertiary/aromatic N) is 1. The van der Waals surface area contributed by atoms with Gasteiger partial charge in [0.25, 0.3) is 11.8 Å². The maximum atomic E-state index is 14.1. The Kier molecular flexibility index (Phi) is 33.5. The van der Waals surface area contributed by atoms with Crippen molar-refractivity contribution in [3.05, 3.63) is 35.4 Å². The van der Waals surface area contributed by atoms with Crippen LogP contribution in [0, 0.1) is 5.92 Å². The zero-order valence-corrected chi connectivity index (χ0v) is 45.3. The topological polar surface area (TPSA) is 135 Å². The number of rotatable bonds is 42. The summed E-state index contributed by atoms with van der Waals surface area (Å²) in [6, 6.07) is 5.19. The molecular weight excluding hydrogens is 911 g/mol. The van der Waals surface area contributed by atoms with Gasteiger partial charge in [0.15, 0.2) is 18.5 Å². The molecule has 1 aromatic carbocycles. The van der Waals surface area contributed by atoms with E-state index in [1.54, 1.807) is 24.3 Å². The average molecular weight is 1000 g/mol. The average Bonchev–Trinajstić information content (AvgIpc) is 3.57. The minimum absolute atomic E-state index is 0.106. The van der Waals surface area contributed by atoms with Gasteiger partial charge in [0.2, 0.25) is 0 Å². The van der Waals surface area contributed by atoms with E-state index in [0.29, 0.717) is 0 Å². The fourth-order valence-electron chi connectivity index (χ4n) is 9.45. The zero-order chi connectivity index (χ0) is 49.9. The van der Waals surface area contributed by atoms with Gasteiger partial charge in [-0.2, -0.15) is 23.5 Å². The molecule has 0 N–H and O–H groups in total. The van der Waals surface area contributed by atoms with E-state index in [4.69, 9.17) is 23.7 Å². The lowest BCUT2D eigenvalue weighted by atomic mass is 9.94. The molecule has 11 nitrogen and oxygen atoms in total. The third kappa shape index (κ3) is 25.1. The Morgan fingerprint density at radius 3 is 1.30 bits per heavy atom. The van der Waals surface area contributed by atoms with Crippen LogP contribution in [0.15, 0.2) is 24.3 Å². The molecule has 2 heterocycles. The predicted molar refractivity (Wildman–Crippen MR) is 282 cm³/mol. The molecule has 1 fully saturated rings. The summed E-state index contributed by atoms with van der Waals surface area (Å²) in [5.41, 5.74) is 0.401. The summed E-state index contributed by atoms with van der Waals surface area (Å²) < 4.78 is 30.0. The number of hydrogen-bond donors (Lipinski definition) is 0. The van der Waals surface area contributed by atoms with Crippen LogP contribution in [-0.2, 0) is 38.1 Å². The molecule has 3 rings (SSSR count). The number of fused-ring (bicyclic) bond motifs is 1. The van der Waals surface area contributed by atoms with Crippen molar-refractivity contribution in [2.75, 3.05) is 36.2 Å². The number of imide groups is 1. The SMILES string of the molecule is CCCCCCCCCCCCCCCCSCC(CO[C@H]1O[C@H](COC(C)=O)[C@@H](OC(C)=O)[C@H](OC(C)=O)[C@@H]1N1C(=O)c2ccccc2C1=O)CSCCCCCCCCCCCCCCCC. The number of hydrogen-bond acceptors (Lipinski definition) is 12. The number of esters is 3. The molecular formula is C56H93NO10S2. The Morgan fingerprint density at radius 1 is 0.551 bits per heavy atom.